The van der Waals surface area contributed by atoms with Gasteiger partial charge in [-0.05, 0) is 12.8 Å². The fraction of sp³-hybridized carbons (Fsp3) is 0.800. The molecule has 0 aliphatic heterocycles. The highest BCUT2D eigenvalue weighted by Crippen LogP contribution is 2.25. The molecule has 0 saturated heterocycles. The van der Waals surface area contributed by atoms with E-state index < -0.39 is 0 Å². The third-order valence-corrected chi connectivity index (χ3v) is 3.01. The Hall–Kier alpha value is -1.10. The van der Waals surface area contributed by atoms with Crippen LogP contribution in [0.4, 0.5) is 0 Å². The van der Waals surface area contributed by atoms with Gasteiger partial charge in [-0.1, -0.05) is 25.7 Å². The van der Waals surface area contributed by atoms with Gasteiger partial charge >= 0.3 is 5.69 Å². The molecule has 1 aliphatic carbocycles. The monoisotopic (exact) mass is 211 g/mol. The highest BCUT2D eigenvalue weighted by atomic mass is 16.3. The molecule has 2 N–H and O–H groups in total. The maximum atomic E-state index is 11.5. The highest BCUT2D eigenvalue weighted by Gasteiger charge is 2.17. The summed E-state index contributed by atoms with van der Waals surface area (Å²) in [6, 6.07) is 0.219. The third-order valence-electron chi connectivity index (χ3n) is 3.01. The Morgan fingerprint density at radius 3 is 2.53 bits per heavy atom. The zero-order chi connectivity index (χ0) is 10.7. The molecular weight excluding hydrogens is 194 g/mol. The number of H-pyrrole nitrogens is 1. The Labute approximate surface area is 88.1 Å². The number of nitrogens with zero attached hydrogens (tertiary/aromatic N) is 2. The first-order valence-corrected chi connectivity index (χ1v) is 5.60. The lowest BCUT2D eigenvalue weighted by atomic mass is 10.1. The van der Waals surface area contributed by atoms with Gasteiger partial charge in [-0.15, -0.1) is 0 Å². The summed E-state index contributed by atoms with van der Waals surface area (Å²) >= 11 is 0. The quantitative estimate of drug-likeness (QED) is 0.716. The van der Waals surface area contributed by atoms with Crippen molar-refractivity contribution in [1.82, 2.24) is 14.8 Å². The lowest BCUT2D eigenvalue weighted by molar-refractivity contribution is 0.269. The lowest BCUT2D eigenvalue weighted by Crippen LogP contribution is -2.23. The van der Waals surface area contributed by atoms with E-state index in [0.717, 1.165) is 12.8 Å². The third kappa shape index (κ3) is 2.28. The van der Waals surface area contributed by atoms with Gasteiger partial charge in [0.2, 0.25) is 0 Å². The van der Waals surface area contributed by atoms with Crippen molar-refractivity contribution in [1.29, 1.82) is 0 Å². The molecule has 0 spiro atoms. The van der Waals surface area contributed by atoms with E-state index in [4.69, 9.17) is 5.11 Å². The van der Waals surface area contributed by atoms with Crippen molar-refractivity contribution in [2.45, 2.75) is 51.2 Å². The number of aromatic nitrogens is 3. The number of aliphatic hydroxyl groups is 1. The molecule has 2 rings (SSSR count). The van der Waals surface area contributed by atoms with Crippen LogP contribution in [0.2, 0.25) is 0 Å². The van der Waals surface area contributed by atoms with Crippen LogP contribution in [-0.4, -0.2) is 19.9 Å². The van der Waals surface area contributed by atoms with Gasteiger partial charge in [0.25, 0.3) is 0 Å². The minimum Gasteiger partial charge on any atom is -0.388 e. The first-order valence-electron chi connectivity index (χ1n) is 5.60. The van der Waals surface area contributed by atoms with E-state index in [0.29, 0.717) is 5.82 Å². The lowest BCUT2D eigenvalue weighted by Gasteiger charge is -2.12. The van der Waals surface area contributed by atoms with Gasteiger partial charge in [-0.2, -0.15) is 5.10 Å². The Balaban J connectivity index is 2.19. The second-order valence-corrected chi connectivity index (χ2v) is 4.12. The van der Waals surface area contributed by atoms with E-state index in [1.165, 1.54) is 30.4 Å². The van der Waals surface area contributed by atoms with Crippen LogP contribution in [0.5, 0.6) is 0 Å². The smallest absolute Gasteiger partial charge is 0.343 e. The molecule has 0 amide bonds. The van der Waals surface area contributed by atoms with Crippen molar-refractivity contribution in [2.75, 3.05) is 0 Å². The zero-order valence-electron chi connectivity index (χ0n) is 8.78. The molecular formula is C10H17N3O2. The second-order valence-electron chi connectivity index (χ2n) is 4.12. The van der Waals surface area contributed by atoms with Gasteiger partial charge in [-0.3, -0.25) is 4.98 Å². The number of rotatable bonds is 2. The SMILES string of the molecule is O=c1[nH]c(CO)nn1C1CCCCCC1. The molecule has 0 unspecified atom stereocenters. The van der Waals surface area contributed by atoms with Crippen LogP contribution < -0.4 is 5.69 Å². The van der Waals surface area contributed by atoms with Crippen molar-refractivity contribution in [3.8, 4) is 0 Å². The summed E-state index contributed by atoms with van der Waals surface area (Å²) in [5.74, 6) is 0.365. The molecule has 1 aromatic heterocycles. The van der Waals surface area contributed by atoms with Gasteiger partial charge in [0.1, 0.15) is 6.61 Å². The summed E-state index contributed by atoms with van der Waals surface area (Å²) in [6.07, 6.45) is 6.88. The van der Waals surface area contributed by atoms with Gasteiger partial charge in [0, 0.05) is 0 Å². The molecule has 1 fully saturated rings. The number of aliphatic hydroxyl groups excluding tert-OH is 1. The molecule has 0 bridgehead atoms. The van der Waals surface area contributed by atoms with Crippen molar-refractivity contribution in [3.63, 3.8) is 0 Å². The summed E-state index contributed by atoms with van der Waals surface area (Å²) in [5, 5.41) is 13.0. The number of hydrogen-bond acceptors (Lipinski definition) is 3. The molecule has 1 saturated carbocycles. The minimum absolute atomic E-state index is 0.189. The number of aromatic amines is 1. The zero-order valence-corrected chi connectivity index (χ0v) is 8.78. The van der Waals surface area contributed by atoms with Crippen molar-refractivity contribution >= 4 is 0 Å². The minimum atomic E-state index is -0.199. The Bertz CT molecular complexity index is 361. The summed E-state index contributed by atoms with van der Waals surface area (Å²) in [7, 11) is 0. The summed E-state index contributed by atoms with van der Waals surface area (Å²) in [5.41, 5.74) is -0.189. The van der Waals surface area contributed by atoms with Gasteiger partial charge in [-0.25, -0.2) is 9.48 Å². The summed E-state index contributed by atoms with van der Waals surface area (Å²) in [6.45, 7) is -0.199. The first-order chi connectivity index (χ1) is 7.31. The van der Waals surface area contributed by atoms with Crippen LogP contribution in [-0.2, 0) is 6.61 Å². The molecule has 1 aliphatic rings. The van der Waals surface area contributed by atoms with Crippen LogP contribution in [0.15, 0.2) is 4.79 Å². The highest BCUT2D eigenvalue weighted by molar-refractivity contribution is 4.82. The van der Waals surface area contributed by atoms with E-state index in [1.807, 2.05) is 0 Å². The van der Waals surface area contributed by atoms with Gasteiger partial charge in [0.05, 0.1) is 6.04 Å². The summed E-state index contributed by atoms with van der Waals surface area (Å²) in [4.78, 5) is 14.1. The van der Waals surface area contributed by atoms with Gasteiger partial charge in [0.15, 0.2) is 5.82 Å². The van der Waals surface area contributed by atoms with E-state index >= 15 is 0 Å². The molecule has 1 heterocycles. The average Bonchev–Trinajstić information content (AvgIpc) is 2.48. The van der Waals surface area contributed by atoms with E-state index in [9.17, 15) is 4.79 Å². The predicted molar refractivity (Wildman–Crippen MR) is 55.5 cm³/mol. The van der Waals surface area contributed by atoms with Crippen LogP contribution in [0.3, 0.4) is 0 Å². The molecule has 5 nitrogen and oxygen atoms in total. The molecule has 1 aromatic rings. The van der Waals surface area contributed by atoms with Crippen LogP contribution in [0, 0.1) is 0 Å². The maximum absolute atomic E-state index is 11.5. The standard InChI is InChI=1S/C10H17N3O2/c14-7-9-11-10(15)13(12-9)8-5-3-1-2-4-6-8/h8,14H,1-7H2,(H,11,12,15). The van der Waals surface area contributed by atoms with E-state index in [-0.39, 0.29) is 18.3 Å². The average molecular weight is 211 g/mol. The Kier molecular flexibility index (Phi) is 3.20. The Morgan fingerprint density at radius 2 is 2.00 bits per heavy atom. The molecule has 5 heteroatoms. The fourth-order valence-corrected chi connectivity index (χ4v) is 2.20. The molecule has 84 valence electrons. The maximum Gasteiger partial charge on any atom is 0.343 e. The molecule has 0 aromatic carbocycles. The predicted octanol–water partition coefficient (Wildman–Crippen LogP) is 0.959. The van der Waals surface area contributed by atoms with E-state index in [1.54, 1.807) is 0 Å². The number of nitrogens with one attached hydrogen (secondary N) is 1. The van der Waals surface area contributed by atoms with E-state index in [2.05, 4.69) is 10.1 Å². The van der Waals surface area contributed by atoms with Crippen LogP contribution >= 0.6 is 0 Å². The van der Waals surface area contributed by atoms with Gasteiger partial charge < -0.3 is 5.11 Å². The van der Waals surface area contributed by atoms with Crippen molar-refractivity contribution in [3.05, 3.63) is 16.3 Å². The fourth-order valence-electron chi connectivity index (χ4n) is 2.20. The largest absolute Gasteiger partial charge is 0.388 e. The number of hydrogen-bond donors (Lipinski definition) is 2. The van der Waals surface area contributed by atoms with Crippen molar-refractivity contribution in [2.24, 2.45) is 0 Å². The topological polar surface area (TPSA) is 70.9 Å². The van der Waals surface area contributed by atoms with Crippen LogP contribution in [0.25, 0.3) is 0 Å². The normalized spacial score (nSPS) is 19.0. The summed E-state index contributed by atoms with van der Waals surface area (Å²) < 4.78 is 1.51. The molecule has 15 heavy (non-hydrogen) atoms. The second kappa shape index (κ2) is 4.61. The van der Waals surface area contributed by atoms with Crippen LogP contribution in [0.1, 0.15) is 50.4 Å². The van der Waals surface area contributed by atoms with Crippen molar-refractivity contribution < 1.29 is 5.11 Å². The Morgan fingerprint density at radius 1 is 1.33 bits per heavy atom. The molecule has 0 radical (unpaired) electrons. The first kappa shape index (κ1) is 10.4. The molecule has 0 atom stereocenters.